The van der Waals surface area contributed by atoms with E-state index in [9.17, 15) is 14.0 Å². The van der Waals surface area contributed by atoms with Crippen LogP contribution in [0.5, 0.6) is 0 Å². The zero-order chi connectivity index (χ0) is 22.9. The van der Waals surface area contributed by atoms with Crippen molar-refractivity contribution in [3.8, 4) is 0 Å². The smallest absolute Gasteiger partial charge is 0.335 e. The quantitative estimate of drug-likeness (QED) is 0.610. The number of hydrogen-bond acceptors (Lipinski definition) is 4. The fraction of sp³-hybridized carbons (Fsp3) is 0.375. The van der Waals surface area contributed by atoms with Crippen LogP contribution in [-0.4, -0.2) is 50.2 Å². The number of fused-ring (bicyclic) bond motifs is 3. The van der Waals surface area contributed by atoms with Gasteiger partial charge in [-0.05, 0) is 55.7 Å². The van der Waals surface area contributed by atoms with Crippen LogP contribution in [0.25, 0.3) is 11.0 Å². The normalized spacial score (nSPS) is 13.9. The van der Waals surface area contributed by atoms with Crippen LogP contribution < -0.4 is 0 Å². The van der Waals surface area contributed by atoms with Gasteiger partial charge in [0.25, 0.3) is 0 Å². The lowest BCUT2D eigenvalue weighted by molar-refractivity contribution is -0.162. The molecule has 1 aliphatic rings. The van der Waals surface area contributed by atoms with Crippen LogP contribution in [0.2, 0.25) is 0 Å². The highest BCUT2D eigenvalue weighted by Gasteiger charge is 2.30. The average molecular weight is 439 g/mol. The van der Waals surface area contributed by atoms with Crippen LogP contribution in [0.1, 0.15) is 37.1 Å². The zero-order valence-electron chi connectivity index (χ0n) is 18.2. The summed E-state index contributed by atoms with van der Waals surface area (Å²) in [4.78, 5) is 30.3. The van der Waals surface area contributed by atoms with Gasteiger partial charge in [0, 0.05) is 30.4 Å². The van der Waals surface area contributed by atoms with Gasteiger partial charge in [0.05, 0.1) is 19.6 Å². The first-order valence-corrected chi connectivity index (χ1v) is 10.6. The third kappa shape index (κ3) is 4.36. The van der Waals surface area contributed by atoms with Crippen LogP contribution in [0.3, 0.4) is 0 Å². The minimum absolute atomic E-state index is 0.0433. The number of ether oxygens (including phenoxy) is 1. The number of carbonyl (C=O) groups excluding carboxylic acids is 1. The molecule has 7 nitrogen and oxygen atoms in total. The van der Waals surface area contributed by atoms with E-state index in [1.807, 2.05) is 12.1 Å². The maximum absolute atomic E-state index is 13.3. The van der Waals surface area contributed by atoms with Gasteiger partial charge in [-0.25, -0.2) is 14.2 Å². The molecule has 1 aromatic carbocycles. The summed E-state index contributed by atoms with van der Waals surface area (Å²) in [6, 6.07) is 10.3. The number of benzene rings is 1. The van der Waals surface area contributed by atoms with E-state index in [4.69, 9.17) is 9.84 Å². The molecule has 32 heavy (non-hydrogen) atoms. The molecule has 0 atom stereocenters. The number of aliphatic carboxylic acids is 1. The molecule has 0 unspecified atom stereocenters. The van der Waals surface area contributed by atoms with Gasteiger partial charge in [-0.1, -0.05) is 12.1 Å². The molecule has 1 amide bonds. The van der Waals surface area contributed by atoms with Crippen molar-refractivity contribution >= 4 is 22.9 Å². The van der Waals surface area contributed by atoms with Crippen LogP contribution in [0.4, 0.5) is 4.39 Å². The molecule has 0 aliphatic carbocycles. The van der Waals surface area contributed by atoms with E-state index in [-0.39, 0.29) is 24.8 Å². The van der Waals surface area contributed by atoms with E-state index < -0.39 is 11.6 Å². The Bertz CT molecular complexity index is 1150. The van der Waals surface area contributed by atoms with Gasteiger partial charge in [0.1, 0.15) is 11.5 Å². The number of pyridine rings is 1. The molecule has 0 bridgehead atoms. The van der Waals surface area contributed by atoms with Gasteiger partial charge < -0.3 is 19.3 Å². The second kappa shape index (κ2) is 8.70. The summed E-state index contributed by atoms with van der Waals surface area (Å²) in [5, 5.41) is 10.2. The number of nitrogens with zero attached hydrogens (tertiary/aromatic N) is 3. The molecule has 0 saturated heterocycles. The molecule has 1 N–H and O–H groups in total. The van der Waals surface area contributed by atoms with Gasteiger partial charge >= 0.3 is 5.97 Å². The highest BCUT2D eigenvalue weighted by atomic mass is 19.1. The van der Waals surface area contributed by atoms with E-state index in [1.165, 1.54) is 31.5 Å². The monoisotopic (exact) mass is 439 g/mol. The average Bonchev–Trinajstić information content (AvgIpc) is 3.08. The molecule has 0 spiro atoms. The summed E-state index contributed by atoms with van der Waals surface area (Å²) >= 11 is 0. The highest BCUT2D eigenvalue weighted by molar-refractivity contribution is 5.84. The third-order valence-electron chi connectivity index (χ3n) is 5.91. The molecule has 3 heterocycles. The first-order valence-electron chi connectivity index (χ1n) is 10.6. The zero-order valence-corrected chi connectivity index (χ0v) is 18.2. The number of aromatic nitrogens is 2. The van der Waals surface area contributed by atoms with Crippen LogP contribution in [0, 0.1) is 5.82 Å². The van der Waals surface area contributed by atoms with Crippen molar-refractivity contribution in [2.45, 2.75) is 45.4 Å². The summed E-state index contributed by atoms with van der Waals surface area (Å²) < 4.78 is 20.8. The van der Waals surface area contributed by atoms with Gasteiger partial charge in [-0.15, -0.1) is 0 Å². The topological polar surface area (TPSA) is 84.7 Å². The van der Waals surface area contributed by atoms with Crippen molar-refractivity contribution in [1.82, 2.24) is 14.5 Å². The number of rotatable bonds is 7. The number of carbonyl (C=O) groups is 2. The minimum Gasteiger partial charge on any atom is -0.479 e. The lowest BCUT2D eigenvalue weighted by Gasteiger charge is -2.29. The molecule has 1 aliphatic heterocycles. The fourth-order valence-corrected chi connectivity index (χ4v) is 4.03. The second-order valence-corrected chi connectivity index (χ2v) is 8.49. The highest BCUT2D eigenvalue weighted by Crippen LogP contribution is 2.30. The summed E-state index contributed by atoms with van der Waals surface area (Å²) in [7, 11) is 0. The van der Waals surface area contributed by atoms with Gasteiger partial charge in [0.15, 0.2) is 5.60 Å². The van der Waals surface area contributed by atoms with E-state index in [0.29, 0.717) is 26.1 Å². The number of carboxylic acid groups (broad SMARTS) is 1. The van der Waals surface area contributed by atoms with Gasteiger partial charge in [0.2, 0.25) is 5.91 Å². The number of amides is 1. The maximum Gasteiger partial charge on any atom is 0.335 e. The number of carboxylic acids is 1. The van der Waals surface area contributed by atoms with Crippen molar-refractivity contribution < 1.29 is 23.8 Å². The standard InChI is InChI=1S/C24H26FN3O4/c1-24(2,23(30)31)32-13-10-21(29)27-12-9-18-19-4-3-11-26-22(19)28(20(18)15-27)14-16-5-7-17(25)8-6-16/h3-8,11H,9-10,12-15H2,1-2H3,(H,30,31). The SMILES string of the molecule is CC(C)(OCCC(=O)N1CCc2c(n(Cc3ccc(F)cc3)c3ncccc23)C1)C(=O)O. The first kappa shape index (κ1) is 22.0. The third-order valence-corrected chi connectivity index (χ3v) is 5.91. The Labute approximate surface area is 185 Å². The Hall–Kier alpha value is -3.26. The van der Waals surface area contributed by atoms with Crippen LogP contribution in [-0.2, 0) is 33.8 Å². The predicted octanol–water partition coefficient (Wildman–Crippen LogP) is 3.38. The van der Waals surface area contributed by atoms with E-state index in [1.54, 1.807) is 23.2 Å². The van der Waals surface area contributed by atoms with E-state index >= 15 is 0 Å². The molecule has 168 valence electrons. The van der Waals surface area contributed by atoms with Gasteiger partial charge in [-0.2, -0.15) is 0 Å². The van der Waals surface area contributed by atoms with Crippen molar-refractivity contribution in [2.75, 3.05) is 13.2 Å². The maximum atomic E-state index is 13.3. The van der Waals surface area contributed by atoms with Crippen LogP contribution >= 0.6 is 0 Å². The molecule has 4 rings (SSSR count). The molecular formula is C24H26FN3O4. The van der Waals surface area contributed by atoms with Crippen LogP contribution in [0.15, 0.2) is 42.6 Å². The lowest BCUT2D eigenvalue weighted by Crippen LogP contribution is -2.39. The molecular weight excluding hydrogens is 413 g/mol. The molecule has 0 radical (unpaired) electrons. The largest absolute Gasteiger partial charge is 0.479 e. The van der Waals surface area contributed by atoms with Crippen molar-refractivity contribution in [1.29, 1.82) is 0 Å². The first-order chi connectivity index (χ1) is 15.3. The molecule has 0 fully saturated rings. The van der Waals surface area contributed by atoms with Crippen molar-refractivity contribution in [3.05, 3.63) is 65.2 Å². The Morgan fingerprint density at radius 3 is 2.69 bits per heavy atom. The Morgan fingerprint density at radius 1 is 1.22 bits per heavy atom. The lowest BCUT2D eigenvalue weighted by atomic mass is 10.0. The van der Waals surface area contributed by atoms with E-state index in [2.05, 4.69) is 9.55 Å². The van der Waals surface area contributed by atoms with Crippen molar-refractivity contribution in [3.63, 3.8) is 0 Å². The molecule has 2 aromatic heterocycles. The minimum atomic E-state index is -1.33. The fourth-order valence-electron chi connectivity index (χ4n) is 4.03. The van der Waals surface area contributed by atoms with Crippen molar-refractivity contribution in [2.24, 2.45) is 0 Å². The summed E-state index contributed by atoms with van der Waals surface area (Å²) in [6.45, 7) is 4.52. The second-order valence-electron chi connectivity index (χ2n) is 8.49. The van der Waals surface area contributed by atoms with E-state index in [0.717, 1.165) is 22.3 Å². The number of halogens is 1. The molecule has 0 saturated carbocycles. The Kier molecular flexibility index (Phi) is 5.97. The predicted molar refractivity (Wildman–Crippen MR) is 117 cm³/mol. The Morgan fingerprint density at radius 2 is 1.97 bits per heavy atom. The summed E-state index contributed by atoms with van der Waals surface area (Å²) in [6.07, 6.45) is 2.57. The summed E-state index contributed by atoms with van der Waals surface area (Å²) in [5.74, 6) is -1.43. The Balaban J connectivity index is 1.55. The van der Waals surface area contributed by atoms with Gasteiger partial charge in [-0.3, -0.25) is 4.79 Å². The molecule has 8 heteroatoms. The number of hydrogen-bond donors (Lipinski definition) is 1. The summed E-state index contributed by atoms with van der Waals surface area (Å²) in [5.41, 5.74) is 2.67. The molecule has 3 aromatic rings.